The Morgan fingerprint density at radius 1 is 1.37 bits per heavy atom. The van der Waals surface area contributed by atoms with Gasteiger partial charge in [-0.25, -0.2) is 13.2 Å². The molecule has 27 heavy (non-hydrogen) atoms. The number of aliphatic imine (C=N–C) groups is 1. The summed E-state index contributed by atoms with van der Waals surface area (Å²) in [5.41, 5.74) is -0.102. The van der Waals surface area contributed by atoms with Gasteiger partial charge in [-0.15, -0.1) is 0 Å². The number of nitrogens with zero attached hydrogens (tertiary/aromatic N) is 1. The van der Waals surface area contributed by atoms with Gasteiger partial charge in [0, 0.05) is 23.9 Å². The van der Waals surface area contributed by atoms with Crippen molar-refractivity contribution in [2.24, 2.45) is 4.99 Å². The predicted molar refractivity (Wildman–Crippen MR) is 99.6 cm³/mol. The number of rotatable bonds is 4. The molecule has 2 N–H and O–H groups in total. The highest BCUT2D eigenvalue weighted by atomic mass is 32.2. The van der Waals surface area contributed by atoms with Crippen molar-refractivity contribution in [1.29, 1.82) is 0 Å². The summed E-state index contributed by atoms with van der Waals surface area (Å²) in [6.45, 7) is 1.54. The lowest BCUT2D eigenvalue weighted by atomic mass is 10.1. The van der Waals surface area contributed by atoms with Gasteiger partial charge in [-0.1, -0.05) is 6.07 Å². The summed E-state index contributed by atoms with van der Waals surface area (Å²) in [6, 6.07) is 7.23. The molecule has 1 aliphatic heterocycles. The maximum Gasteiger partial charge on any atom is 0.348 e. The second kappa shape index (κ2) is 7.36. The van der Waals surface area contributed by atoms with E-state index in [2.05, 4.69) is 10.3 Å². The van der Waals surface area contributed by atoms with E-state index in [1.807, 2.05) is 0 Å². The second-order valence-corrected chi connectivity index (χ2v) is 8.55. The van der Waals surface area contributed by atoms with Crippen LogP contribution in [0.3, 0.4) is 0 Å². The smallest absolute Gasteiger partial charge is 0.348 e. The summed E-state index contributed by atoms with van der Waals surface area (Å²) >= 11 is 0. The number of carbonyl (C=O) groups is 1. The Kier molecular flexibility index (Phi) is 5.13. The molecule has 1 aromatic carbocycles. The van der Waals surface area contributed by atoms with Gasteiger partial charge in [0.15, 0.2) is 9.84 Å². The van der Waals surface area contributed by atoms with E-state index in [4.69, 9.17) is 4.42 Å². The lowest BCUT2D eigenvalue weighted by Gasteiger charge is -2.11. The summed E-state index contributed by atoms with van der Waals surface area (Å²) in [5.74, 6) is -0.345. The van der Waals surface area contributed by atoms with Gasteiger partial charge in [0.1, 0.15) is 17.1 Å². The van der Waals surface area contributed by atoms with E-state index in [1.165, 1.54) is 18.3 Å². The number of sulfone groups is 1. The zero-order chi connectivity index (χ0) is 19.6. The van der Waals surface area contributed by atoms with Gasteiger partial charge >= 0.3 is 5.63 Å². The highest BCUT2D eigenvalue weighted by molar-refractivity contribution is 7.91. The fourth-order valence-corrected chi connectivity index (χ4v) is 4.44. The summed E-state index contributed by atoms with van der Waals surface area (Å²) in [7, 11) is -3.08. The van der Waals surface area contributed by atoms with Gasteiger partial charge in [-0.2, -0.15) is 0 Å². The van der Waals surface area contributed by atoms with Crippen LogP contribution in [0.4, 0.5) is 5.69 Å². The van der Waals surface area contributed by atoms with Gasteiger partial charge in [0.05, 0.1) is 17.2 Å². The van der Waals surface area contributed by atoms with Crippen LogP contribution in [0.15, 0.2) is 44.5 Å². The maximum atomic E-state index is 12.3. The third kappa shape index (κ3) is 4.62. The van der Waals surface area contributed by atoms with E-state index in [0.29, 0.717) is 17.7 Å². The minimum Gasteiger partial charge on any atom is -0.507 e. The van der Waals surface area contributed by atoms with Crippen molar-refractivity contribution in [2.45, 2.75) is 19.4 Å². The predicted octanol–water partition coefficient (Wildman–Crippen LogP) is 1.32. The van der Waals surface area contributed by atoms with E-state index in [0.717, 1.165) is 0 Å². The van der Waals surface area contributed by atoms with E-state index in [-0.39, 0.29) is 28.6 Å². The first-order chi connectivity index (χ1) is 12.7. The zero-order valence-electron chi connectivity index (χ0n) is 14.5. The molecule has 1 aromatic heterocycles. The van der Waals surface area contributed by atoms with Crippen molar-refractivity contribution in [2.75, 3.05) is 11.5 Å². The Hall–Kier alpha value is -2.94. The Labute approximate surface area is 155 Å². The SMILES string of the molecule is Cc1cc(O)c(C=Nc2cccc(C(=O)NC3CCS(=O)(=O)C3)c2)c(=O)o1. The number of hydrogen-bond acceptors (Lipinski definition) is 7. The first-order valence-corrected chi connectivity index (χ1v) is 10.0. The quantitative estimate of drug-likeness (QED) is 0.758. The first kappa shape index (κ1) is 18.8. The molecule has 142 valence electrons. The molecule has 9 heteroatoms. The molecule has 2 heterocycles. The highest BCUT2D eigenvalue weighted by Crippen LogP contribution is 2.18. The van der Waals surface area contributed by atoms with E-state index in [9.17, 15) is 23.1 Å². The third-order valence-corrected chi connectivity index (χ3v) is 5.88. The third-order valence-electron chi connectivity index (χ3n) is 4.11. The minimum atomic E-state index is -3.08. The summed E-state index contributed by atoms with van der Waals surface area (Å²) in [4.78, 5) is 28.2. The molecule has 0 saturated carbocycles. The summed E-state index contributed by atoms with van der Waals surface area (Å²) in [6.07, 6.45) is 1.57. The van der Waals surface area contributed by atoms with E-state index in [1.54, 1.807) is 25.1 Å². The number of aromatic hydroxyl groups is 1. The Balaban J connectivity index is 1.76. The van der Waals surface area contributed by atoms with Crippen molar-refractivity contribution in [3.05, 3.63) is 57.6 Å². The van der Waals surface area contributed by atoms with Crippen LogP contribution in [-0.4, -0.2) is 43.2 Å². The van der Waals surface area contributed by atoms with Gasteiger partial charge in [0.2, 0.25) is 0 Å². The van der Waals surface area contributed by atoms with Crippen LogP contribution in [-0.2, 0) is 9.84 Å². The van der Waals surface area contributed by atoms with Gasteiger partial charge < -0.3 is 14.8 Å². The molecule has 1 unspecified atom stereocenters. The maximum absolute atomic E-state index is 12.3. The van der Waals surface area contributed by atoms with Crippen LogP contribution in [0.1, 0.15) is 28.1 Å². The largest absolute Gasteiger partial charge is 0.507 e. The average Bonchev–Trinajstić information content (AvgIpc) is 2.92. The molecule has 0 bridgehead atoms. The van der Waals surface area contributed by atoms with Crippen LogP contribution in [0.5, 0.6) is 5.75 Å². The lowest BCUT2D eigenvalue weighted by Crippen LogP contribution is -2.35. The average molecular weight is 390 g/mol. The Morgan fingerprint density at radius 2 is 2.15 bits per heavy atom. The number of amides is 1. The number of carbonyl (C=O) groups excluding carboxylic acids is 1. The molecule has 1 aliphatic rings. The van der Waals surface area contributed by atoms with Crippen LogP contribution in [0, 0.1) is 6.92 Å². The summed E-state index contributed by atoms with van der Waals surface area (Å²) < 4.78 is 27.9. The molecule has 8 nitrogen and oxygen atoms in total. The molecule has 0 radical (unpaired) electrons. The van der Waals surface area contributed by atoms with Crippen LogP contribution in [0.2, 0.25) is 0 Å². The zero-order valence-corrected chi connectivity index (χ0v) is 15.3. The van der Waals surface area contributed by atoms with Crippen LogP contribution >= 0.6 is 0 Å². The fourth-order valence-electron chi connectivity index (χ4n) is 2.77. The van der Waals surface area contributed by atoms with Gasteiger partial charge in [-0.3, -0.25) is 9.79 Å². The molecule has 0 spiro atoms. The normalized spacial score (nSPS) is 18.6. The van der Waals surface area contributed by atoms with Crippen molar-refractivity contribution in [3.8, 4) is 5.75 Å². The van der Waals surface area contributed by atoms with Gasteiger partial charge in [-0.05, 0) is 31.5 Å². The topological polar surface area (TPSA) is 126 Å². The van der Waals surface area contributed by atoms with Gasteiger partial charge in [0.25, 0.3) is 5.91 Å². The molecule has 0 aliphatic carbocycles. The molecule has 1 atom stereocenters. The molecule has 1 fully saturated rings. The Bertz CT molecular complexity index is 1070. The van der Waals surface area contributed by atoms with Crippen LogP contribution < -0.4 is 10.9 Å². The molecular formula is C18H18N2O6S. The van der Waals surface area contributed by atoms with Crippen LogP contribution in [0.25, 0.3) is 0 Å². The molecular weight excluding hydrogens is 372 g/mol. The monoisotopic (exact) mass is 390 g/mol. The highest BCUT2D eigenvalue weighted by Gasteiger charge is 2.29. The molecule has 1 amide bonds. The Morgan fingerprint density at radius 3 is 2.81 bits per heavy atom. The molecule has 3 rings (SSSR count). The summed E-state index contributed by atoms with van der Waals surface area (Å²) in [5, 5.41) is 12.5. The standard InChI is InChI=1S/C18H18N2O6S/c1-11-7-16(21)15(18(23)26-11)9-19-13-4-2-3-12(8-13)17(22)20-14-5-6-27(24,25)10-14/h2-4,7-9,14,21H,5-6,10H2,1H3,(H,20,22). The van der Waals surface area contributed by atoms with Crippen molar-refractivity contribution in [3.63, 3.8) is 0 Å². The number of aryl methyl sites for hydroxylation is 1. The molecule has 2 aromatic rings. The van der Waals surface area contributed by atoms with Crippen molar-refractivity contribution >= 4 is 27.6 Å². The lowest BCUT2D eigenvalue weighted by molar-refractivity contribution is 0.0941. The molecule has 1 saturated heterocycles. The number of hydrogen-bond donors (Lipinski definition) is 2. The number of nitrogens with one attached hydrogen (secondary N) is 1. The minimum absolute atomic E-state index is 0.0565. The van der Waals surface area contributed by atoms with Crippen molar-refractivity contribution in [1.82, 2.24) is 5.32 Å². The van der Waals surface area contributed by atoms with E-state index >= 15 is 0 Å². The fraction of sp³-hybridized carbons (Fsp3) is 0.278. The number of benzene rings is 1. The second-order valence-electron chi connectivity index (χ2n) is 6.33. The van der Waals surface area contributed by atoms with Crippen molar-refractivity contribution < 1.29 is 22.7 Å². The van der Waals surface area contributed by atoms with E-state index < -0.39 is 27.4 Å². The first-order valence-electron chi connectivity index (χ1n) is 8.23.